The van der Waals surface area contributed by atoms with Crippen molar-refractivity contribution in [2.24, 2.45) is 0 Å². The number of nitrogens with zero attached hydrogens (tertiary/aromatic N) is 3. The summed E-state index contributed by atoms with van der Waals surface area (Å²) in [5.74, 6) is 2.13. The molecule has 1 aromatic heterocycles. The van der Waals surface area contributed by atoms with Gasteiger partial charge in [-0.3, -0.25) is 0 Å². The Bertz CT molecular complexity index is 353. The molecule has 1 saturated heterocycles. The molecule has 2 heterocycles. The molecule has 1 fully saturated rings. The molecule has 5 nitrogen and oxygen atoms in total. The van der Waals surface area contributed by atoms with Crippen LogP contribution in [-0.2, 0) is 6.42 Å². The maximum atomic E-state index is 5.42. The normalized spacial score (nSPS) is 21.3. The third-order valence-corrected chi connectivity index (χ3v) is 3.61. The van der Waals surface area contributed by atoms with Crippen LogP contribution in [0.25, 0.3) is 0 Å². The minimum Gasteiger partial charge on any atom is -0.339 e. The summed E-state index contributed by atoms with van der Waals surface area (Å²) in [4.78, 5) is 7.00. The smallest absolute Gasteiger partial charge is 0.231 e. The van der Waals surface area contributed by atoms with Gasteiger partial charge in [-0.2, -0.15) is 4.98 Å². The molecule has 1 aliphatic rings. The molecule has 1 atom stereocenters. The first kappa shape index (κ1) is 13.5. The number of likely N-dealkylation sites (N-methyl/N-ethyl adjacent to an activating group) is 1. The van der Waals surface area contributed by atoms with Gasteiger partial charge in [0, 0.05) is 13.0 Å². The molecule has 1 aliphatic heterocycles. The van der Waals surface area contributed by atoms with Crippen molar-refractivity contribution in [1.29, 1.82) is 0 Å². The average molecular weight is 252 g/mol. The van der Waals surface area contributed by atoms with Gasteiger partial charge < -0.3 is 14.7 Å². The highest BCUT2D eigenvalue weighted by Crippen LogP contribution is 2.25. The van der Waals surface area contributed by atoms with E-state index in [9.17, 15) is 0 Å². The van der Waals surface area contributed by atoms with Gasteiger partial charge in [-0.15, -0.1) is 0 Å². The van der Waals surface area contributed by atoms with Crippen LogP contribution in [0.3, 0.4) is 0 Å². The Morgan fingerprint density at radius 3 is 3.17 bits per heavy atom. The van der Waals surface area contributed by atoms with Gasteiger partial charge in [0.25, 0.3) is 0 Å². The third-order valence-electron chi connectivity index (χ3n) is 3.61. The second-order valence-corrected chi connectivity index (χ2v) is 4.99. The monoisotopic (exact) mass is 252 g/mol. The molecule has 18 heavy (non-hydrogen) atoms. The van der Waals surface area contributed by atoms with E-state index in [1.807, 2.05) is 7.05 Å². The minimum atomic E-state index is 0.434. The van der Waals surface area contributed by atoms with Crippen LogP contribution in [0.2, 0.25) is 0 Å². The summed E-state index contributed by atoms with van der Waals surface area (Å²) in [6.07, 6.45) is 4.36. The molecule has 0 saturated carbocycles. The molecule has 0 amide bonds. The zero-order chi connectivity index (χ0) is 12.8. The van der Waals surface area contributed by atoms with Crippen molar-refractivity contribution in [3.63, 3.8) is 0 Å². The lowest BCUT2D eigenvalue weighted by Gasteiger charge is -2.29. The number of piperidine rings is 1. The topological polar surface area (TPSA) is 54.2 Å². The molecule has 0 spiro atoms. The van der Waals surface area contributed by atoms with Crippen LogP contribution in [0.15, 0.2) is 4.52 Å². The molecule has 0 aromatic carbocycles. The van der Waals surface area contributed by atoms with E-state index in [0.29, 0.717) is 5.92 Å². The Kier molecular flexibility index (Phi) is 5.13. The highest BCUT2D eigenvalue weighted by Gasteiger charge is 2.24. The maximum absolute atomic E-state index is 5.42. The molecular weight excluding hydrogens is 228 g/mol. The minimum absolute atomic E-state index is 0.434. The third kappa shape index (κ3) is 3.53. The number of likely N-dealkylation sites (tertiary alicyclic amines) is 1. The lowest BCUT2D eigenvalue weighted by Crippen LogP contribution is -2.34. The van der Waals surface area contributed by atoms with E-state index in [1.165, 1.54) is 19.4 Å². The van der Waals surface area contributed by atoms with Crippen molar-refractivity contribution >= 4 is 0 Å². The Morgan fingerprint density at radius 2 is 2.39 bits per heavy atom. The number of hydrogen-bond acceptors (Lipinski definition) is 5. The fourth-order valence-electron chi connectivity index (χ4n) is 2.50. The standard InChI is InChI=1S/C13H24N4O/c1-3-17-9-5-6-11(10-17)13-15-12(16-18-13)7-4-8-14-2/h11,14H,3-10H2,1-2H3. The van der Waals surface area contributed by atoms with Gasteiger partial charge in [-0.25, -0.2) is 0 Å². The van der Waals surface area contributed by atoms with E-state index in [0.717, 1.165) is 44.2 Å². The van der Waals surface area contributed by atoms with Crippen LogP contribution in [0, 0.1) is 0 Å². The number of aryl methyl sites for hydroxylation is 1. The van der Waals surface area contributed by atoms with Crippen molar-refractivity contribution < 1.29 is 4.52 Å². The molecular formula is C13H24N4O. The van der Waals surface area contributed by atoms with E-state index in [-0.39, 0.29) is 0 Å². The van der Waals surface area contributed by atoms with Gasteiger partial charge in [0.15, 0.2) is 5.82 Å². The van der Waals surface area contributed by atoms with Crippen LogP contribution in [0.1, 0.15) is 43.8 Å². The first-order valence-corrected chi connectivity index (χ1v) is 7.03. The quantitative estimate of drug-likeness (QED) is 0.776. The Hall–Kier alpha value is -0.940. The SMILES string of the molecule is CCN1CCCC(c2nc(CCCNC)no2)C1. The molecule has 5 heteroatoms. The summed E-state index contributed by atoms with van der Waals surface area (Å²) < 4.78 is 5.42. The van der Waals surface area contributed by atoms with E-state index in [4.69, 9.17) is 4.52 Å². The van der Waals surface area contributed by atoms with Crippen molar-refractivity contribution in [2.75, 3.05) is 33.2 Å². The van der Waals surface area contributed by atoms with Crippen molar-refractivity contribution in [3.05, 3.63) is 11.7 Å². The summed E-state index contributed by atoms with van der Waals surface area (Å²) in [6.45, 7) is 6.58. The number of nitrogens with one attached hydrogen (secondary N) is 1. The second kappa shape index (κ2) is 6.85. The van der Waals surface area contributed by atoms with Gasteiger partial charge in [0.05, 0.1) is 5.92 Å². The van der Waals surface area contributed by atoms with E-state index >= 15 is 0 Å². The Labute approximate surface area is 109 Å². The van der Waals surface area contributed by atoms with Crippen molar-refractivity contribution in [1.82, 2.24) is 20.4 Å². The summed E-state index contributed by atoms with van der Waals surface area (Å²) in [6, 6.07) is 0. The van der Waals surface area contributed by atoms with E-state index in [1.54, 1.807) is 0 Å². The first-order chi connectivity index (χ1) is 8.83. The second-order valence-electron chi connectivity index (χ2n) is 4.99. The summed E-state index contributed by atoms with van der Waals surface area (Å²) >= 11 is 0. The summed E-state index contributed by atoms with van der Waals surface area (Å²) in [7, 11) is 1.96. The molecule has 1 N–H and O–H groups in total. The zero-order valence-electron chi connectivity index (χ0n) is 11.5. The molecule has 1 unspecified atom stereocenters. The number of hydrogen-bond donors (Lipinski definition) is 1. The predicted octanol–water partition coefficient (Wildman–Crippen LogP) is 1.42. The lowest BCUT2D eigenvalue weighted by atomic mass is 9.98. The first-order valence-electron chi connectivity index (χ1n) is 7.03. The molecule has 0 bridgehead atoms. The van der Waals surface area contributed by atoms with Gasteiger partial charge in [-0.1, -0.05) is 12.1 Å². The van der Waals surface area contributed by atoms with Crippen LogP contribution in [0.5, 0.6) is 0 Å². The molecule has 2 rings (SSSR count). The van der Waals surface area contributed by atoms with E-state index in [2.05, 4.69) is 27.3 Å². The molecule has 0 aliphatic carbocycles. The van der Waals surface area contributed by atoms with Gasteiger partial charge in [0.2, 0.25) is 5.89 Å². The lowest BCUT2D eigenvalue weighted by molar-refractivity contribution is 0.194. The highest BCUT2D eigenvalue weighted by molar-refractivity contribution is 4.97. The van der Waals surface area contributed by atoms with Gasteiger partial charge >= 0.3 is 0 Å². The fourth-order valence-corrected chi connectivity index (χ4v) is 2.50. The van der Waals surface area contributed by atoms with Crippen molar-refractivity contribution in [3.8, 4) is 0 Å². The fraction of sp³-hybridized carbons (Fsp3) is 0.846. The molecule has 0 radical (unpaired) electrons. The van der Waals surface area contributed by atoms with Crippen LogP contribution >= 0.6 is 0 Å². The van der Waals surface area contributed by atoms with Crippen LogP contribution in [0.4, 0.5) is 0 Å². The number of rotatable bonds is 6. The van der Waals surface area contributed by atoms with Gasteiger partial charge in [0.1, 0.15) is 0 Å². The average Bonchev–Trinajstić information content (AvgIpc) is 2.88. The van der Waals surface area contributed by atoms with Crippen LogP contribution in [-0.4, -0.2) is 48.3 Å². The van der Waals surface area contributed by atoms with E-state index < -0.39 is 0 Å². The van der Waals surface area contributed by atoms with Crippen LogP contribution < -0.4 is 5.32 Å². The number of aromatic nitrogens is 2. The summed E-state index contributed by atoms with van der Waals surface area (Å²) in [5.41, 5.74) is 0. The van der Waals surface area contributed by atoms with Gasteiger partial charge in [-0.05, 0) is 45.9 Å². The maximum Gasteiger partial charge on any atom is 0.231 e. The Balaban J connectivity index is 1.88. The predicted molar refractivity (Wildman–Crippen MR) is 70.6 cm³/mol. The molecule has 1 aromatic rings. The zero-order valence-corrected chi connectivity index (χ0v) is 11.5. The molecule has 102 valence electrons. The highest BCUT2D eigenvalue weighted by atomic mass is 16.5. The van der Waals surface area contributed by atoms with Crippen molar-refractivity contribution in [2.45, 2.75) is 38.5 Å². The summed E-state index contributed by atoms with van der Waals surface area (Å²) in [5, 5.41) is 7.21. The Morgan fingerprint density at radius 1 is 1.50 bits per heavy atom. The largest absolute Gasteiger partial charge is 0.339 e.